The lowest BCUT2D eigenvalue weighted by molar-refractivity contribution is 0.0936. The van der Waals surface area contributed by atoms with Crippen LogP contribution in [0.15, 0.2) is 18.5 Å². The van der Waals surface area contributed by atoms with Gasteiger partial charge in [0.2, 0.25) is 0 Å². The number of nitrogens with one attached hydrogen (secondary N) is 1. The summed E-state index contributed by atoms with van der Waals surface area (Å²) in [6.45, 7) is 1.97. The van der Waals surface area contributed by atoms with Crippen LogP contribution in [0.25, 0.3) is 0 Å². The van der Waals surface area contributed by atoms with Crippen LogP contribution < -0.4 is 10.1 Å². The van der Waals surface area contributed by atoms with Crippen LogP contribution in [0.1, 0.15) is 23.7 Å². The van der Waals surface area contributed by atoms with Gasteiger partial charge in [-0.15, -0.1) is 0 Å². The average molecular weight is 287 g/mol. The van der Waals surface area contributed by atoms with Crippen molar-refractivity contribution in [2.24, 2.45) is 0 Å². The number of pyridine rings is 1. The molecule has 1 aromatic rings. The van der Waals surface area contributed by atoms with Crippen molar-refractivity contribution in [1.82, 2.24) is 10.3 Å². The average Bonchev–Trinajstić information content (AvgIpc) is 2.29. The van der Waals surface area contributed by atoms with Crippen LogP contribution in [0, 0.1) is 0 Å². The summed E-state index contributed by atoms with van der Waals surface area (Å²) in [5, 5.41) is 3.76. The number of rotatable bonds is 5. The van der Waals surface area contributed by atoms with Gasteiger partial charge >= 0.3 is 0 Å². The number of aromatic nitrogens is 1. The molecule has 0 spiro atoms. The Bertz CT molecular complexity index is 358. The van der Waals surface area contributed by atoms with E-state index in [4.69, 9.17) is 4.74 Å². The van der Waals surface area contributed by atoms with Crippen LogP contribution in [0.4, 0.5) is 0 Å². The van der Waals surface area contributed by atoms with Crippen molar-refractivity contribution >= 4 is 21.8 Å². The molecule has 1 atom stereocenters. The van der Waals surface area contributed by atoms with Gasteiger partial charge in [0.05, 0.1) is 18.9 Å². The largest absolute Gasteiger partial charge is 0.494 e. The number of alkyl halides is 1. The van der Waals surface area contributed by atoms with Gasteiger partial charge in [-0.25, -0.2) is 0 Å². The normalized spacial score (nSPS) is 11.9. The van der Waals surface area contributed by atoms with E-state index in [1.807, 2.05) is 6.92 Å². The topological polar surface area (TPSA) is 51.2 Å². The standard InChI is InChI=1S/C11H15BrN2O2/c1-8(3-5-12)14-11(15)9-4-6-13-7-10(9)16-2/h4,6-8H,3,5H2,1-2H3,(H,14,15). The van der Waals surface area contributed by atoms with E-state index in [1.165, 1.54) is 13.3 Å². The van der Waals surface area contributed by atoms with E-state index in [-0.39, 0.29) is 11.9 Å². The molecule has 4 nitrogen and oxygen atoms in total. The SMILES string of the molecule is COc1cnccc1C(=O)NC(C)CCBr. The zero-order valence-corrected chi connectivity index (χ0v) is 11.0. The molecule has 1 N–H and O–H groups in total. The fourth-order valence-electron chi connectivity index (χ4n) is 1.27. The summed E-state index contributed by atoms with van der Waals surface area (Å²) in [6.07, 6.45) is 4.00. The third kappa shape index (κ3) is 3.48. The molecule has 0 bridgehead atoms. The highest BCUT2D eigenvalue weighted by Gasteiger charge is 2.13. The molecule has 1 amide bonds. The van der Waals surface area contributed by atoms with Crippen molar-refractivity contribution in [3.8, 4) is 5.75 Å². The lowest BCUT2D eigenvalue weighted by atomic mass is 10.2. The van der Waals surface area contributed by atoms with E-state index in [0.29, 0.717) is 11.3 Å². The van der Waals surface area contributed by atoms with Gasteiger partial charge < -0.3 is 10.1 Å². The van der Waals surface area contributed by atoms with E-state index in [2.05, 4.69) is 26.2 Å². The molecule has 0 aliphatic heterocycles. The molecule has 16 heavy (non-hydrogen) atoms. The van der Waals surface area contributed by atoms with Crippen molar-refractivity contribution in [3.05, 3.63) is 24.0 Å². The first-order chi connectivity index (χ1) is 7.69. The van der Waals surface area contributed by atoms with Crippen LogP contribution in [0.2, 0.25) is 0 Å². The van der Waals surface area contributed by atoms with E-state index in [1.54, 1.807) is 12.3 Å². The summed E-state index contributed by atoms with van der Waals surface area (Å²) in [5.41, 5.74) is 0.513. The van der Waals surface area contributed by atoms with Crippen LogP contribution in [0.3, 0.4) is 0 Å². The quantitative estimate of drug-likeness (QED) is 0.843. The molecule has 1 heterocycles. The van der Waals surface area contributed by atoms with E-state index < -0.39 is 0 Å². The Labute approximate surface area is 104 Å². The maximum Gasteiger partial charge on any atom is 0.255 e. The summed E-state index contributed by atoms with van der Waals surface area (Å²) >= 11 is 3.34. The predicted molar refractivity (Wildman–Crippen MR) is 66.1 cm³/mol. The van der Waals surface area contributed by atoms with E-state index in [0.717, 1.165) is 11.8 Å². The van der Waals surface area contributed by atoms with Crippen LogP contribution in [-0.4, -0.2) is 29.4 Å². The second-order valence-electron chi connectivity index (χ2n) is 3.43. The van der Waals surface area contributed by atoms with E-state index in [9.17, 15) is 4.79 Å². The Kier molecular flexibility index (Phi) is 5.25. The first kappa shape index (κ1) is 13.0. The monoisotopic (exact) mass is 286 g/mol. The highest BCUT2D eigenvalue weighted by Crippen LogP contribution is 2.15. The van der Waals surface area contributed by atoms with Gasteiger partial charge in [0.25, 0.3) is 5.91 Å². The highest BCUT2D eigenvalue weighted by molar-refractivity contribution is 9.09. The predicted octanol–water partition coefficient (Wildman–Crippen LogP) is 1.99. The van der Waals surface area contributed by atoms with Crippen LogP contribution in [0.5, 0.6) is 5.75 Å². The minimum absolute atomic E-state index is 0.129. The molecule has 0 aromatic carbocycles. The molecule has 0 fully saturated rings. The maximum absolute atomic E-state index is 11.9. The number of halogens is 1. The summed E-state index contributed by atoms with van der Waals surface area (Å²) in [6, 6.07) is 1.78. The van der Waals surface area contributed by atoms with Gasteiger partial charge in [0, 0.05) is 17.6 Å². The van der Waals surface area contributed by atoms with Gasteiger partial charge in [0.15, 0.2) is 0 Å². The van der Waals surface area contributed by atoms with Gasteiger partial charge in [-0.3, -0.25) is 9.78 Å². The van der Waals surface area contributed by atoms with Crippen molar-refractivity contribution in [2.75, 3.05) is 12.4 Å². The molecule has 1 aromatic heterocycles. The first-order valence-electron chi connectivity index (χ1n) is 5.04. The summed E-state index contributed by atoms with van der Waals surface area (Å²) in [7, 11) is 1.52. The molecule has 0 aliphatic rings. The molecular formula is C11H15BrN2O2. The third-order valence-electron chi connectivity index (χ3n) is 2.17. The number of ether oxygens (including phenoxy) is 1. The van der Waals surface area contributed by atoms with Crippen molar-refractivity contribution < 1.29 is 9.53 Å². The number of carbonyl (C=O) groups is 1. The molecule has 88 valence electrons. The maximum atomic E-state index is 11.9. The molecule has 0 saturated carbocycles. The lowest BCUT2D eigenvalue weighted by Gasteiger charge is -2.13. The number of hydrogen-bond acceptors (Lipinski definition) is 3. The Morgan fingerprint density at radius 1 is 1.69 bits per heavy atom. The molecule has 1 rings (SSSR count). The first-order valence-corrected chi connectivity index (χ1v) is 6.16. The summed E-state index contributed by atoms with van der Waals surface area (Å²) in [4.78, 5) is 15.8. The smallest absolute Gasteiger partial charge is 0.255 e. The van der Waals surface area contributed by atoms with Gasteiger partial charge in [-0.05, 0) is 19.4 Å². The fourth-order valence-corrected chi connectivity index (χ4v) is 1.95. The molecule has 5 heteroatoms. The third-order valence-corrected chi connectivity index (χ3v) is 2.63. The summed E-state index contributed by atoms with van der Waals surface area (Å²) < 4.78 is 5.08. The summed E-state index contributed by atoms with van der Waals surface area (Å²) in [5.74, 6) is 0.360. The van der Waals surface area contributed by atoms with Crippen molar-refractivity contribution in [1.29, 1.82) is 0 Å². The Morgan fingerprint density at radius 3 is 3.06 bits per heavy atom. The fraction of sp³-hybridized carbons (Fsp3) is 0.455. The molecule has 0 radical (unpaired) electrons. The second-order valence-corrected chi connectivity index (χ2v) is 4.22. The molecule has 1 unspecified atom stereocenters. The second kappa shape index (κ2) is 6.48. The molecule has 0 saturated heterocycles. The number of carbonyl (C=O) groups excluding carboxylic acids is 1. The van der Waals surface area contributed by atoms with Crippen LogP contribution >= 0.6 is 15.9 Å². The Morgan fingerprint density at radius 2 is 2.44 bits per heavy atom. The molecular weight excluding hydrogens is 272 g/mol. The van der Waals surface area contributed by atoms with Crippen LogP contribution in [-0.2, 0) is 0 Å². The van der Waals surface area contributed by atoms with Gasteiger partial charge in [0.1, 0.15) is 5.75 Å². The van der Waals surface area contributed by atoms with Gasteiger partial charge in [-0.1, -0.05) is 15.9 Å². The Balaban J connectivity index is 2.72. The highest BCUT2D eigenvalue weighted by atomic mass is 79.9. The number of amides is 1. The van der Waals surface area contributed by atoms with Crippen molar-refractivity contribution in [3.63, 3.8) is 0 Å². The molecule has 0 aliphatic carbocycles. The lowest BCUT2D eigenvalue weighted by Crippen LogP contribution is -2.33. The van der Waals surface area contributed by atoms with Gasteiger partial charge in [-0.2, -0.15) is 0 Å². The minimum atomic E-state index is -0.132. The zero-order valence-electron chi connectivity index (χ0n) is 9.37. The minimum Gasteiger partial charge on any atom is -0.494 e. The Hall–Kier alpha value is -1.10. The zero-order chi connectivity index (χ0) is 12.0. The van der Waals surface area contributed by atoms with Crippen molar-refractivity contribution in [2.45, 2.75) is 19.4 Å². The van der Waals surface area contributed by atoms with E-state index >= 15 is 0 Å². The number of hydrogen-bond donors (Lipinski definition) is 1. The number of methoxy groups -OCH3 is 1. The number of nitrogens with zero attached hydrogens (tertiary/aromatic N) is 1.